The van der Waals surface area contributed by atoms with Gasteiger partial charge in [-0.3, -0.25) is 4.79 Å². The number of carboxylic acid groups (broad SMARTS) is 1. The number of aliphatic carboxylic acids is 1. The van der Waals surface area contributed by atoms with Crippen molar-refractivity contribution in [3.05, 3.63) is 0 Å². The van der Waals surface area contributed by atoms with Crippen LogP contribution in [-0.4, -0.2) is 23.7 Å². The summed E-state index contributed by atoms with van der Waals surface area (Å²) in [5.41, 5.74) is 0. The summed E-state index contributed by atoms with van der Waals surface area (Å²) in [6, 6.07) is 0.573. The lowest BCUT2D eigenvalue weighted by Crippen LogP contribution is -2.27. The molecule has 2 N–H and O–H groups in total. The molecule has 0 amide bonds. The Balaban J connectivity index is 2.16. The van der Waals surface area contributed by atoms with Gasteiger partial charge in [0.25, 0.3) is 0 Å². The number of hydrogen-bond donors (Lipinski definition) is 2. The fourth-order valence-electron chi connectivity index (χ4n) is 2.04. The van der Waals surface area contributed by atoms with Gasteiger partial charge in [-0.25, -0.2) is 0 Å². The summed E-state index contributed by atoms with van der Waals surface area (Å²) in [6.07, 6.45) is 4.78. The molecule has 0 saturated heterocycles. The number of rotatable bonds is 5. The summed E-state index contributed by atoms with van der Waals surface area (Å²) in [5.74, 6) is -0.243. The van der Waals surface area contributed by atoms with E-state index < -0.39 is 5.97 Å². The number of nitrogens with one attached hydrogen (secondary N) is 1. The van der Waals surface area contributed by atoms with Gasteiger partial charge in [0.05, 0.1) is 0 Å². The van der Waals surface area contributed by atoms with Crippen molar-refractivity contribution in [3.63, 3.8) is 0 Å². The third-order valence-corrected chi connectivity index (χ3v) is 2.69. The molecule has 2 atom stereocenters. The van der Waals surface area contributed by atoms with E-state index >= 15 is 0 Å². The lowest BCUT2D eigenvalue weighted by atomic mass is 10.0. The molecule has 1 aliphatic carbocycles. The third kappa shape index (κ3) is 3.77. The van der Waals surface area contributed by atoms with E-state index in [1.165, 1.54) is 0 Å². The summed E-state index contributed by atoms with van der Waals surface area (Å²) in [4.78, 5) is 10.5. The van der Waals surface area contributed by atoms with E-state index in [4.69, 9.17) is 5.11 Å². The van der Waals surface area contributed by atoms with Crippen LogP contribution in [0.2, 0.25) is 0 Å². The molecule has 0 aromatic heterocycles. The van der Waals surface area contributed by atoms with Crippen LogP contribution in [0.1, 0.15) is 39.0 Å². The van der Waals surface area contributed by atoms with Crippen LogP contribution in [-0.2, 0) is 4.79 Å². The van der Waals surface area contributed by atoms with Crippen molar-refractivity contribution in [2.24, 2.45) is 5.92 Å². The first-order valence-corrected chi connectivity index (χ1v) is 5.17. The predicted octanol–water partition coefficient (Wildman–Crippen LogP) is 1.63. The van der Waals surface area contributed by atoms with E-state index in [1.54, 1.807) is 0 Å². The van der Waals surface area contributed by atoms with Gasteiger partial charge in [0, 0.05) is 12.5 Å². The highest BCUT2D eigenvalue weighted by Gasteiger charge is 2.25. The van der Waals surface area contributed by atoms with Crippen molar-refractivity contribution in [2.45, 2.75) is 45.1 Å². The first kappa shape index (κ1) is 10.5. The molecule has 76 valence electrons. The molecule has 0 spiro atoms. The highest BCUT2D eigenvalue weighted by atomic mass is 16.4. The Labute approximate surface area is 79.5 Å². The summed E-state index contributed by atoms with van der Waals surface area (Å²) in [5, 5.41) is 12.1. The normalized spacial score (nSPS) is 27.8. The first-order chi connectivity index (χ1) is 6.22. The molecule has 3 heteroatoms. The zero-order valence-corrected chi connectivity index (χ0v) is 8.25. The van der Waals surface area contributed by atoms with Gasteiger partial charge in [-0.15, -0.1) is 0 Å². The van der Waals surface area contributed by atoms with E-state index in [1.807, 2.05) is 0 Å². The fraction of sp³-hybridized carbons (Fsp3) is 0.900. The minimum absolute atomic E-state index is 0.351. The molecule has 1 rings (SSSR count). The second-order valence-corrected chi connectivity index (χ2v) is 3.93. The van der Waals surface area contributed by atoms with E-state index in [0.29, 0.717) is 18.4 Å². The van der Waals surface area contributed by atoms with Gasteiger partial charge < -0.3 is 10.4 Å². The largest absolute Gasteiger partial charge is 0.481 e. The van der Waals surface area contributed by atoms with Crippen LogP contribution < -0.4 is 5.32 Å². The molecular weight excluding hydrogens is 166 g/mol. The smallest absolute Gasteiger partial charge is 0.303 e. The van der Waals surface area contributed by atoms with Crippen molar-refractivity contribution in [1.82, 2.24) is 5.32 Å². The van der Waals surface area contributed by atoms with Crippen molar-refractivity contribution < 1.29 is 9.90 Å². The van der Waals surface area contributed by atoms with Crippen LogP contribution in [0.15, 0.2) is 0 Å². The quantitative estimate of drug-likeness (QED) is 0.684. The molecule has 0 aromatic rings. The minimum Gasteiger partial charge on any atom is -0.481 e. The lowest BCUT2D eigenvalue weighted by molar-refractivity contribution is -0.138. The van der Waals surface area contributed by atoms with Crippen molar-refractivity contribution in [1.29, 1.82) is 0 Å². The van der Waals surface area contributed by atoms with Crippen LogP contribution in [0.3, 0.4) is 0 Å². The van der Waals surface area contributed by atoms with E-state index in [-0.39, 0.29) is 0 Å². The molecule has 1 fully saturated rings. The van der Waals surface area contributed by atoms with Gasteiger partial charge in [0.2, 0.25) is 0 Å². The van der Waals surface area contributed by atoms with Gasteiger partial charge in [-0.2, -0.15) is 0 Å². The summed E-state index contributed by atoms with van der Waals surface area (Å²) < 4.78 is 0. The molecule has 0 aliphatic heterocycles. The Bertz CT molecular complexity index is 170. The molecule has 0 heterocycles. The second-order valence-electron chi connectivity index (χ2n) is 3.93. The first-order valence-electron chi connectivity index (χ1n) is 5.17. The third-order valence-electron chi connectivity index (χ3n) is 2.69. The summed E-state index contributed by atoms with van der Waals surface area (Å²) in [7, 11) is 0. The van der Waals surface area contributed by atoms with Gasteiger partial charge in [0.15, 0.2) is 0 Å². The predicted molar refractivity (Wildman–Crippen MR) is 51.7 cm³/mol. The van der Waals surface area contributed by atoms with Crippen LogP contribution in [0.5, 0.6) is 0 Å². The molecule has 2 unspecified atom stereocenters. The average Bonchev–Trinajstić information content (AvgIpc) is 2.48. The Morgan fingerprint density at radius 3 is 2.92 bits per heavy atom. The van der Waals surface area contributed by atoms with Gasteiger partial charge >= 0.3 is 5.97 Å². The van der Waals surface area contributed by atoms with Crippen LogP contribution in [0, 0.1) is 5.92 Å². The van der Waals surface area contributed by atoms with Crippen LogP contribution >= 0.6 is 0 Å². The van der Waals surface area contributed by atoms with E-state index in [0.717, 1.165) is 32.2 Å². The van der Waals surface area contributed by atoms with Crippen molar-refractivity contribution in [3.8, 4) is 0 Å². The lowest BCUT2D eigenvalue weighted by Gasteiger charge is -2.11. The number of carbonyl (C=O) groups is 1. The highest BCUT2D eigenvalue weighted by molar-refractivity contribution is 5.67. The van der Waals surface area contributed by atoms with Crippen molar-refractivity contribution >= 4 is 5.97 Å². The summed E-state index contributed by atoms with van der Waals surface area (Å²) in [6.45, 7) is 3.21. The maximum Gasteiger partial charge on any atom is 0.303 e. The zero-order chi connectivity index (χ0) is 9.68. The Hall–Kier alpha value is -0.570. The minimum atomic E-state index is -0.652. The topological polar surface area (TPSA) is 49.3 Å². The number of hydrogen-bond acceptors (Lipinski definition) is 2. The maximum absolute atomic E-state index is 10.5. The van der Waals surface area contributed by atoms with Crippen LogP contribution in [0.4, 0.5) is 0 Å². The zero-order valence-electron chi connectivity index (χ0n) is 8.25. The Morgan fingerprint density at radius 1 is 1.54 bits per heavy atom. The Kier molecular flexibility index (Phi) is 4.22. The molecule has 13 heavy (non-hydrogen) atoms. The molecular formula is C10H19NO2. The van der Waals surface area contributed by atoms with Crippen molar-refractivity contribution in [2.75, 3.05) is 6.54 Å². The maximum atomic E-state index is 10.5. The molecule has 3 nitrogen and oxygen atoms in total. The molecule has 0 radical (unpaired) electrons. The average molecular weight is 185 g/mol. The van der Waals surface area contributed by atoms with E-state index in [9.17, 15) is 4.79 Å². The SMILES string of the molecule is CCCNC1CCC(CC(=O)O)C1. The molecule has 1 aliphatic rings. The van der Waals surface area contributed by atoms with Crippen LogP contribution in [0.25, 0.3) is 0 Å². The van der Waals surface area contributed by atoms with Gasteiger partial charge in [0.1, 0.15) is 0 Å². The van der Waals surface area contributed by atoms with Gasteiger partial charge in [-0.1, -0.05) is 6.92 Å². The Morgan fingerprint density at radius 2 is 2.31 bits per heavy atom. The molecule has 1 saturated carbocycles. The standard InChI is InChI=1S/C10H19NO2/c1-2-5-11-9-4-3-8(6-9)7-10(12)13/h8-9,11H,2-7H2,1H3,(H,12,13). The van der Waals surface area contributed by atoms with Gasteiger partial charge in [-0.05, 0) is 38.1 Å². The monoisotopic (exact) mass is 185 g/mol. The fourth-order valence-corrected chi connectivity index (χ4v) is 2.04. The number of carboxylic acids is 1. The highest BCUT2D eigenvalue weighted by Crippen LogP contribution is 2.27. The molecule has 0 bridgehead atoms. The summed E-state index contributed by atoms with van der Waals surface area (Å²) >= 11 is 0. The van der Waals surface area contributed by atoms with E-state index in [2.05, 4.69) is 12.2 Å². The second kappa shape index (κ2) is 5.22. The molecule has 0 aromatic carbocycles.